The summed E-state index contributed by atoms with van der Waals surface area (Å²) in [7, 11) is -7.94. The van der Waals surface area contributed by atoms with Gasteiger partial charge in [-0.25, -0.2) is 25.6 Å². The zero-order valence-corrected chi connectivity index (χ0v) is 23.8. The number of likely N-dealkylation sites (tertiary alicyclic amines) is 1. The Kier molecular flexibility index (Phi) is 7.47. The van der Waals surface area contributed by atoms with Crippen LogP contribution in [0, 0.1) is 11.7 Å². The first-order valence-corrected chi connectivity index (χ1v) is 16.5. The smallest absolute Gasteiger partial charge is 0.337 e. The van der Waals surface area contributed by atoms with Crippen molar-refractivity contribution in [3.8, 4) is 0 Å². The average Bonchev–Trinajstić information content (AvgIpc) is 3.32. The van der Waals surface area contributed by atoms with E-state index in [9.17, 15) is 56.8 Å². The number of carbonyl (C=O) groups excluding carboxylic acids is 1. The molecule has 2 heterocycles. The fraction of sp³-hybridized carbons (Fsp3) is 0.519. The minimum Gasteiger partial charge on any atom is -0.337 e. The summed E-state index contributed by atoms with van der Waals surface area (Å²) in [6.07, 6.45) is -13.5. The zero-order chi connectivity index (χ0) is 31.8. The first-order valence-electron chi connectivity index (χ1n) is 13.2. The number of halogens is 8. The summed E-state index contributed by atoms with van der Waals surface area (Å²) in [6.45, 7) is -0.160. The third-order valence-electron chi connectivity index (χ3n) is 8.86. The molecule has 3 aliphatic rings. The second-order valence-corrected chi connectivity index (χ2v) is 15.6. The topological polar surface area (TPSA) is 88.6 Å². The molecule has 0 spiro atoms. The van der Waals surface area contributed by atoms with E-state index in [1.807, 2.05) is 0 Å². The lowest BCUT2D eigenvalue weighted by Crippen LogP contribution is -2.54. The Hall–Kier alpha value is -2.75. The van der Waals surface area contributed by atoms with Crippen molar-refractivity contribution in [2.75, 3.05) is 18.1 Å². The summed E-state index contributed by atoms with van der Waals surface area (Å²) in [5.41, 5.74) is -7.92. The summed E-state index contributed by atoms with van der Waals surface area (Å²) in [6, 6.07) is 3.93. The molecule has 16 heteroatoms. The van der Waals surface area contributed by atoms with E-state index in [0.29, 0.717) is 6.07 Å². The van der Waals surface area contributed by atoms with E-state index in [2.05, 4.69) is 0 Å². The highest BCUT2D eigenvalue weighted by atomic mass is 32.2. The molecule has 2 fully saturated rings. The highest BCUT2D eigenvalue weighted by Gasteiger charge is 2.74. The van der Waals surface area contributed by atoms with Crippen LogP contribution < -0.4 is 0 Å². The Bertz CT molecular complexity index is 1630. The van der Waals surface area contributed by atoms with Crippen molar-refractivity contribution >= 4 is 25.6 Å². The van der Waals surface area contributed by atoms with Crippen LogP contribution in [0.2, 0.25) is 0 Å². The lowest BCUT2D eigenvalue weighted by molar-refractivity contribution is -0.348. The maximum Gasteiger partial charge on any atom is 0.435 e. The van der Waals surface area contributed by atoms with Gasteiger partial charge in [-0.2, -0.15) is 26.3 Å². The molecule has 1 amide bonds. The lowest BCUT2D eigenvalue weighted by Gasteiger charge is -2.43. The third kappa shape index (κ3) is 4.82. The van der Waals surface area contributed by atoms with E-state index in [1.54, 1.807) is 0 Å². The Morgan fingerprint density at radius 1 is 0.884 bits per heavy atom. The SMILES string of the molecule is O=C(C1CCS(=O)(=O)CC1)N1CC[C@@]2(S(=O)(=O)c3ccc(F)cc3)c3ccc(C(F)(C(F)(F)F)C(F)(F)F)cc3CC[C@@H]12. The molecule has 2 aromatic rings. The van der Waals surface area contributed by atoms with Gasteiger partial charge in [0.15, 0.2) is 9.84 Å². The van der Waals surface area contributed by atoms with Crippen LogP contribution in [0.25, 0.3) is 0 Å². The molecular formula is C27H25F8NO5S2. The molecular weight excluding hydrogens is 634 g/mol. The Morgan fingerprint density at radius 2 is 1.47 bits per heavy atom. The Morgan fingerprint density at radius 3 is 2.02 bits per heavy atom. The number of amides is 1. The number of rotatable bonds is 4. The van der Waals surface area contributed by atoms with Gasteiger partial charge in [0.05, 0.1) is 22.4 Å². The summed E-state index contributed by atoms with van der Waals surface area (Å²) >= 11 is 0. The van der Waals surface area contributed by atoms with E-state index in [1.165, 1.54) is 4.90 Å². The quantitative estimate of drug-likeness (QED) is 0.335. The van der Waals surface area contributed by atoms with E-state index in [-0.39, 0.29) is 72.2 Å². The number of sulfone groups is 2. The van der Waals surface area contributed by atoms with Crippen molar-refractivity contribution < 1.29 is 56.8 Å². The zero-order valence-electron chi connectivity index (χ0n) is 22.2. The monoisotopic (exact) mass is 659 g/mol. The van der Waals surface area contributed by atoms with Crippen molar-refractivity contribution in [3.05, 3.63) is 65.0 Å². The molecule has 0 N–H and O–H groups in total. The number of hydrogen-bond donors (Lipinski definition) is 0. The summed E-state index contributed by atoms with van der Waals surface area (Å²) < 4.78 is 160. The van der Waals surface area contributed by atoms with Gasteiger partial charge in [0.25, 0.3) is 0 Å². The molecule has 2 atom stereocenters. The molecule has 43 heavy (non-hydrogen) atoms. The van der Waals surface area contributed by atoms with Crippen LogP contribution in [0.4, 0.5) is 35.1 Å². The van der Waals surface area contributed by atoms with Gasteiger partial charge in [-0.05, 0) is 67.5 Å². The molecule has 2 aliphatic heterocycles. The van der Waals surface area contributed by atoms with Crippen molar-refractivity contribution in [3.63, 3.8) is 0 Å². The highest BCUT2D eigenvalue weighted by Crippen LogP contribution is 2.57. The van der Waals surface area contributed by atoms with E-state index in [0.717, 1.165) is 30.3 Å². The van der Waals surface area contributed by atoms with Crippen molar-refractivity contribution in [2.45, 2.75) is 65.8 Å². The second kappa shape index (κ2) is 10.1. The normalized spacial score (nSPS) is 24.8. The largest absolute Gasteiger partial charge is 0.435 e. The molecule has 236 valence electrons. The first-order chi connectivity index (χ1) is 19.8. The lowest BCUT2D eigenvalue weighted by atomic mass is 9.76. The number of nitrogens with zero attached hydrogens (tertiary/aromatic N) is 1. The van der Waals surface area contributed by atoms with Gasteiger partial charge in [0.2, 0.25) is 5.91 Å². The van der Waals surface area contributed by atoms with Gasteiger partial charge in [-0.3, -0.25) is 4.79 Å². The number of alkyl halides is 7. The minimum absolute atomic E-state index is 0.00944. The van der Waals surface area contributed by atoms with Crippen LogP contribution in [-0.4, -0.2) is 64.1 Å². The predicted molar refractivity (Wildman–Crippen MR) is 136 cm³/mol. The minimum atomic E-state index is -6.38. The molecule has 1 aliphatic carbocycles. The molecule has 2 aromatic carbocycles. The number of fused-ring (bicyclic) bond motifs is 3. The maximum atomic E-state index is 14.9. The van der Waals surface area contributed by atoms with Crippen molar-refractivity contribution in [1.29, 1.82) is 0 Å². The molecule has 6 nitrogen and oxygen atoms in total. The number of hydrogen-bond acceptors (Lipinski definition) is 5. The van der Waals surface area contributed by atoms with Crippen LogP contribution in [0.3, 0.4) is 0 Å². The molecule has 0 aromatic heterocycles. The molecule has 2 saturated heterocycles. The van der Waals surface area contributed by atoms with Gasteiger partial charge in [0.1, 0.15) is 20.4 Å². The molecule has 0 saturated carbocycles. The van der Waals surface area contributed by atoms with Crippen LogP contribution >= 0.6 is 0 Å². The van der Waals surface area contributed by atoms with Gasteiger partial charge >= 0.3 is 18.0 Å². The van der Waals surface area contributed by atoms with E-state index < -0.39 is 71.7 Å². The average molecular weight is 660 g/mol. The molecule has 0 radical (unpaired) electrons. The Labute approximate surface area is 241 Å². The number of aryl methyl sites for hydroxylation is 1. The second-order valence-electron chi connectivity index (χ2n) is 11.1. The van der Waals surface area contributed by atoms with Gasteiger partial charge < -0.3 is 4.90 Å². The van der Waals surface area contributed by atoms with Crippen molar-refractivity contribution in [1.82, 2.24) is 4.90 Å². The van der Waals surface area contributed by atoms with E-state index in [4.69, 9.17) is 0 Å². The van der Waals surface area contributed by atoms with Crippen LogP contribution in [0.1, 0.15) is 42.4 Å². The van der Waals surface area contributed by atoms with Gasteiger partial charge in [0, 0.05) is 18.0 Å². The summed E-state index contributed by atoms with van der Waals surface area (Å²) in [4.78, 5) is 14.5. The van der Waals surface area contributed by atoms with Gasteiger partial charge in [-0.15, -0.1) is 0 Å². The Balaban J connectivity index is 1.65. The fourth-order valence-electron chi connectivity index (χ4n) is 6.69. The highest BCUT2D eigenvalue weighted by molar-refractivity contribution is 7.92. The number of benzene rings is 2. The third-order valence-corrected chi connectivity index (χ3v) is 13.1. The van der Waals surface area contributed by atoms with E-state index >= 15 is 0 Å². The number of carbonyl (C=O) groups is 1. The summed E-state index contributed by atoms with van der Waals surface area (Å²) in [5, 5.41) is 0. The maximum absolute atomic E-state index is 14.9. The van der Waals surface area contributed by atoms with Gasteiger partial charge in [-0.1, -0.05) is 18.2 Å². The fourth-order valence-corrected chi connectivity index (χ4v) is 10.5. The summed E-state index contributed by atoms with van der Waals surface area (Å²) in [5.74, 6) is -2.49. The van der Waals surface area contributed by atoms with Crippen LogP contribution in [0.5, 0.6) is 0 Å². The van der Waals surface area contributed by atoms with Crippen LogP contribution in [-0.2, 0) is 41.3 Å². The first kappa shape index (κ1) is 31.7. The predicted octanol–water partition coefficient (Wildman–Crippen LogP) is 5.16. The van der Waals surface area contributed by atoms with Crippen LogP contribution in [0.15, 0.2) is 47.4 Å². The molecule has 0 unspecified atom stereocenters. The van der Waals surface area contributed by atoms with Crippen molar-refractivity contribution in [2.24, 2.45) is 5.92 Å². The molecule has 5 rings (SSSR count). The standard InChI is InChI=1S/C27H25F8NO5S2/c28-19-3-5-20(6-4-19)43(40,41)24-11-12-36(23(37)16-9-13-42(38,39)14-10-16)22(24)8-1-17-15-18(2-7-21(17)24)25(29,26(30,31)32)27(33,34)35/h2-7,15-16,22H,1,8-14H2/t22-,24-/m1/s1. The molecule has 0 bridgehead atoms.